The van der Waals surface area contributed by atoms with E-state index in [4.69, 9.17) is 0 Å². The molecule has 0 atom stereocenters. The minimum atomic E-state index is -0.732. The third-order valence-corrected chi connectivity index (χ3v) is 5.48. The summed E-state index contributed by atoms with van der Waals surface area (Å²) in [5.74, 6) is -1.67. The molecule has 2 heterocycles. The Labute approximate surface area is 160 Å². The quantitative estimate of drug-likeness (QED) is 0.618. The fraction of sp³-hybridized carbons (Fsp3) is 0.389. The van der Waals surface area contributed by atoms with Crippen molar-refractivity contribution in [2.75, 3.05) is 31.1 Å². The van der Waals surface area contributed by atoms with Crippen molar-refractivity contribution in [2.24, 2.45) is 7.05 Å². The van der Waals surface area contributed by atoms with E-state index in [9.17, 15) is 13.6 Å². The number of hydrogen-bond acceptors (Lipinski definition) is 5. The zero-order chi connectivity index (χ0) is 19.6. The maximum atomic E-state index is 14.1. The minimum Gasteiger partial charge on any atom is -0.302 e. The number of benzene rings is 1. The van der Waals surface area contributed by atoms with Crippen LogP contribution in [0.1, 0.15) is 24.3 Å². The minimum absolute atomic E-state index is 0.0713. The number of halogens is 2. The molecule has 1 aromatic carbocycles. The number of nitrogens with zero attached hydrogens (tertiary/aromatic N) is 5. The molecule has 0 unspecified atom stereocenters. The fourth-order valence-electron chi connectivity index (χ4n) is 2.85. The average Bonchev–Trinajstić information content (AvgIpc) is 3.24. The van der Waals surface area contributed by atoms with Crippen molar-refractivity contribution in [3.05, 3.63) is 41.7 Å². The zero-order valence-corrected chi connectivity index (χ0v) is 16.3. The van der Waals surface area contributed by atoms with Crippen LogP contribution in [0.3, 0.4) is 0 Å². The van der Waals surface area contributed by atoms with Crippen LogP contribution < -0.4 is 4.90 Å². The SMILES string of the molecule is CCN(CC)CCN(C(=O)c1ccnn1C)c1nc2c(F)cc(F)cc2s1. The number of carbonyl (C=O) groups is 1. The van der Waals surface area contributed by atoms with Crippen molar-refractivity contribution in [1.29, 1.82) is 0 Å². The molecule has 0 bridgehead atoms. The number of amides is 1. The van der Waals surface area contributed by atoms with E-state index in [1.807, 2.05) is 13.8 Å². The van der Waals surface area contributed by atoms with Crippen LogP contribution in [0.25, 0.3) is 10.2 Å². The molecule has 2 aromatic heterocycles. The van der Waals surface area contributed by atoms with E-state index in [1.54, 1.807) is 19.3 Å². The number of hydrogen-bond donors (Lipinski definition) is 0. The number of aromatic nitrogens is 3. The third-order valence-electron chi connectivity index (χ3n) is 4.45. The Bertz CT molecular complexity index is 951. The van der Waals surface area contributed by atoms with Crippen LogP contribution in [0.2, 0.25) is 0 Å². The number of aryl methyl sites for hydroxylation is 1. The maximum Gasteiger partial charge on any atom is 0.278 e. The third kappa shape index (κ3) is 3.98. The van der Waals surface area contributed by atoms with Gasteiger partial charge < -0.3 is 4.90 Å². The van der Waals surface area contributed by atoms with Crippen LogP contribution in [-0.2, 0) is 7.05 Å². The molecule has 3 rings (SSSR count). The highest BCUT2D eigenvalue weighted by Gasteiger charge is 2.24. The van der Waals surface area contributed by atoms with Crippen LogP contribution in [-0.4, -0.2) is 51.8 Å². The van der Waals surface area contributed by atoms with Crippen LogP contribution in [0.5, 0.6) is 0 Å². The molecule has 0 fully saturated rings. The number of likely N-dealkylation sites (N-methyl/N-ethyl adjacent to an activating group) is 1. The molecule has 0 N–H and O–H groups in total. The summed E-state index contributed by atoms with van der Waals surface area (Å²) in [6, 6.07) is 3.66. The lowest BCUT2D eigenvalue weighted by atomic mass is 10.3. The van der Waals surface area contributed by atoms with E-state index in [0.29, 0.717) is 28.6 Å². The van der Waals surface area contributed by atoms with Crippen molar-refractivity contribution in [3.63, 3.8) is 0 Å². The van der Waals surface area contributed by atoms with Gasteiger partial charge in [-0.15, -0.1) is 0 Å². The monoisotopic (exact) mass is 393 g/mol. The molecular formula is C18H21F2N5OS. The Kier molecular flexibility index (Phi) is 5.81. The molecule has 0 aliphatic carbocycles. The van der Waals surface area contributed by atoms with E-state index >= 15 is 0 Å². The first-order valence-corrected chi connectivity index (χ1v) is 9.54. The van der Waals surface area contributed by atoms with Crippen molar-refractivity contribution >= 4 is 32.6 Å². The normalized spacial score (nSPS) is 11.5. The summed E-state index contributed by atoms with van der Waals surface area (Å²) in [6.45, 7) is 6.83. The Morgan fingerprint density at radius 2 is 1.96 bits per heavy atom. The summed E-state index contributed by atoms with van der Waals surface area (Å²) in [5.41, 5.74) is 0.475. The number of fused-ring (bicyclic) bond motifs is 1. The topological polar surface area (TPSA) is 54.3 Å². The number of rotatable bonds is 7. The highest BCUT2D eigenvalue weighted by molar-refractivity contribution is 7.22. The number of thiazole rings is 1. The Balaban J connectivity index is 1.99. The zero-order valence-electron chi connectivity index (χ0n) is 15.4. The lowest BCUT2D eigenvalue weighted by Gasteiger charge is -2.24. The molecule has 1 amide bonds. The van der Waals surface area contributed by atoms with Crippen LogP contribution in [0.15, 0.2) is 24.4 Å². The van der Waals surface area contributed by atoms with Gasteiger partial charge in [0.05, 0.1) is 4.70 Å². The van der Waals surface area contributed by atoms with Gasteiger partial charge in [-0.2, -0.15) is 5.10 Å². The van der Waals surface area contributed by atoms with Crippen molar-refractivity contribution in [1.82, 2.24) is 19.7 Å². The molecule has 0 radical (unpaired) electrons. The molecule has 0 aliphatic rings. The van der Waals surface area contributed by atoms with Crippen molar-refractivity contribution in [3.8, 4) is 0 Å². The lowest BCUT2D eigenvalue weighted by Crippen LogP contribution is -2.39. The predicted octanol–water partition coefficient (Wildman–Crippen LogP) is 3.30. The summed E-state index contributed by atoms with van der Waals surface area (Å²) in [4.78, 5) is 21.1. The largest absolute Gasteiger partial charge is 0.302 e. The molecule has 6 nitrogen and oxygen atoms in total. The van der Waals surface area contributed by atoms with Crippen molar-refractivity contribution < 1.29 is 13.6 Å². The van der Waals surface area contributed by atoms with Gasteiger partial charge in [-0.3, -0.25) is 14.4 Å². The maximum absolute atomic E-state index is 14.1. The molecular weight excluding hydrogens is 372 g/mol. The number of carbonyl (C=O) groups excluding carboxylic acids is 1. The standard InChI is InChI=1S/C18H21F2N5OS/c1-4-24(5-2)8-9-25(17(26)14-6-7-21-23(14)3)18-22-16-13(20)10-12(19)11-15(16)27-18/h6-7,10-11H,4-5,8-9H2,1-3H3. The van der Waals surface area contributed by atoms with E-state index in [1.165, 1.54) is 15.6 Å². The Hall–Kier alpha value is -2.39. The molecule has 0 spiro atoms. The highest BCUT2D eigenvalue weighted by atomic mass is 32.1. The summed E-state index contributed by atoms with van der Waals surface area (Å²) in [5, 5.41) is 4.38. The molecule has 0 aliphatic heterocycles. The summed E-state index contributed by atoms with van der Waals surface area (Å²) in [6.07, 6.45) is 1.54. The first-order chi connectivity index (χ1) is 12.9. The lowest BCUT2D eigenvalue weighted by molar-refractivity contribution is 0.0974. The van der Waals surface area contributed by atoms with Crippen LogP contribution in [0.4, 0.5) is 13.9 Å². The van der Waals surface area contributed by atoms with Gasteiger partial charge in [-0.25, -0.2) is 13.8 Å². The molecule has 3 aromatic rings. The van der Waals surface area contributed by atoms with E-state index in [2.05, 4.69) is 15.0 Å². The molecule has 0 saturated carbocycles. The van der Waals surface area contributed by atoms with Crippen molar-refractivity contribution in [2.45, 2.75) is 13.8 Å². The molecule has 0 saturated heterocycles. The van der Waals surface area contributed by atoms with Gasteiger partial charge in [0.2, 0.25) is 0 Å². The molecule has 9 heteroatoms. The van der Waals surface area contributed by atoms with Gasteiger partial charge in [0, 0.05) is 32.4 Å². The highest BCUT2D eigenvalue weighted by Crippen LogP contribution is 2.31. The Morgan fingerprint density at radius 1 is 1.22 bits per heavy atom. The van der Waals surface area contributed by atoms with Gasteiger partial charge in [0.25, 0.3) is 5.91 Å². The second kappa shape index (κ2) is 8.10. The molecule has 144 valence electrons. The van der Waals surface area contributed by atoms with Gasteiger partial charge in [-0.05, 0) is 25.2 Å². The van der Waals surface area contributed by atoms with E-state index in [-0.39, 0.29) is 11.4 Å². The predicted molar refractivity (Wildman–Crippen MR) is 102 cm³/mol. The molecule has 27 heavy (non-hydrogen) atoms. The summed E-state index contributed by atoms with van der Waals surface area (Å²) < 4.78 is 29.4. The first kappa shape index (κ1) is 19.4. The van der Waals surface area contributed by atoms with Crippen LogP contribution >= 0.6 is 11.3 Å². The fourth-order valence-corrected chi connectivity index (χ4v) is 3.88. The summed E-state index contributed by atoms with van der Waals surface area (Å²) in [7, 11) is 1.68. The number of anilines is 1. The Morgan fingerprint density at radius 3 is 2.59 bits per heavy atom. The van der Waals surface area contributed by atoms with Crippen LogP contribution in [0, 0.1) is 11.6 Å². The average molecular weight is 393 g/mol. The van der Waals surface area contributed by atoms with Gasteiger partial charge in [-0.1, -0.05) is 25.2 Å². The summed E-state index contributed by atoms with van der Waals surface area (Å²) >= 11 is 1.10. The van der Waals surface area contributed by atoms with Gasteiger partial charge >= 0.3 is 0 Å². The van der Waals surface area contributed by atoms with Gasteiger partial charge in [0.1, 0.15) is 17.0 Å². The second-order valence-corrected chi connectivity index (χ2v) is 7.06. The first-order valence-electron chi connectivity index (χ1n) is 8.72. The van der Waals surface area contributed by atoms with Gasteiger partial charge in [0.15, 0.2) is 10.9 Å². The smallest absolute Gasteiger partial charge is 0.278 e. The van der Waals surface area contributed by atoms with E-state index in [0.717, 1.165) is 30.5 Å². The second-order valence-electron chi connectivity index (χ2n) is 6.05. The van der Waals surface area contributed by atoms with E-state index < -0.39 is 11.6 Å².